The van der Waals surface area contributed by atoms with Crippen LogP contribution in [0.4, 0.5) is 0 Å². The van der Waals surface area contributed by atoms with Crippen molar-refractivity contribution in [1.29, 1.82) is 0 Å². The van der Waals surface area contributed by atoms with Gasteiger partial charge in [-0.05, 0) is 25.8 Å². The normalized spacial score (nSPS) is 11.9. The summed E-state index contributed by atoms with van der Waals surface area (Å²) in [6.07, 6.45) is 1.83. The second-order valence-corrected chi connectivity index (χ2v) is 6.09. The van der Waals surface area contributed by atoms with Crippen LogP contribution in [0.1, 0.15) is 38.1 Å². The Morgan fingerprint density at radius 3 is 2.55 bits per heavy atom. The Labute approximate surface area is 121 Å². The van der Waals surface area contributed by atoms with Gasteiger partial charge in [0.05, 0.1) is 6.54 Å². The van der Waals surface area contributed by atoms with Crippen molar-refractivity contribution in [2.75, 3.05) is 13.1 Å². The summed E-state index contributed by atoms with van der Waals surface area (Å²) in [5.41, 5.74) is 1.82. The van der Waals surface area contributed by atoms with E-state index in [-0.39, 0.29) is 5.78 Å². The molecule has 0 saturated carbocycles. The monoisotopic (exact) mass is 272 g/mol. The SMILES string of the molecule is CC(C)CN(CC(=O)c1c[nH]c2ccccc12)C(C)C. The molecule has 3 heteroatoms. The number of carbonyl (C=O) groups excluding carboxylic acids is 1. The largest absolute Gasteiger partial charge is 0.360 e. The Kier molecular flexibility index (Phi) is 4.61. The summed E-state index contributed by atoms with van der Waals surface area (Å²) in [7, 11) is 0. The van der Waals surface area contributed by atoms with Crippen molar-refractivity contribution in [3.8, 4) is 0 Å². The zero-order valence-corrected chi connectivity index (χ0v) is 12.8. The van der Waals surface area contributed by atoms with E-state index < -0.39 is 0 Å². The van der Waals surface area contributed by atoms with Crippen LogP contribution >= 0.6 is 0 Å². The molecule has 1 heterocycles. The van der Waals surface area contributed by atoms with Crippen molar-refractivity contribution in [2.24, 2.45) is 5.92 Å². The molecule has 2 aromatic rings. The number of nitrogens with zero attached hydrogens (tertiary/aromatic N) is 1. The number of aromatic amines is 1. The number of nitrogens with one attached hydrogen (secondary N) is 1. The van der Waals surface area contributed by atoms with Gasteiger partial charge < -0.3 is 4.98 Å². The van der Waals surface area contributed by atoms with Crippen LogP contribution in [0.2, 0.25) is 0 Å². The lowest BCUT2D eigenvalue weighted by Gasteiger charge is -2.27. The average molecular weight is 272 g/mol. The molecule has 108 valence electrons. The Balaban J connectivity index is 2.18. The third-order valence-electron chi connectivity index (χ3n) is 3.57. The number of benzene rings is 1. The maximum atomic E-state index is 12.6. The second kappa shape index (κ2) is 6.23. The van der Waals surface area contributed by atoms with Gasteiger partial charge in [0.15, 0.2) is 5.78 Å². The maximum absolute atomic E-state index is 12.6. The number of ketones is 1. The summed E-state index contributed by atoms with van der Waals surface area (Å²) in [6, 6.07) is 8.33. The average Bonchev–Trinajstić information content (AvgIpc) is 2.81. The number of H-pyrrole nitrogens is 1. The standard InChI is InChI=1S/C17H24N2O/c1-12(2)10-19(13(3)4)11-17(20)15-9-18-16-8-6-5-7-14(15)16/h5-9,12-13,18H,10-11H2,1-4H3. The van der Waals surface area contributed by atoms with E-state index in [0.717, 1.165) is 23.0 Å². The van der Waals surface area contributed by atoms with Crippen molar-refractivity contribution in [1.82, 2.24) is 9.88 Å². The van der Waals surface area contributed by atoms with E-state index in [1.807, 2.05) is 30.5 Å². The predicted molar refractivity (Wildman–Crippen MR) is 84.2 cm³/mol. The molecule has 1 N–H and O–H groups in total. The predicted octanol–water partition coefficient (Wildman–Crippen LogP) is 3.72. The number of para-hydroxylation sites is 1. The third kappa shape index (κ3) is 3.28. The van der Waals surface area contributed by atoms with E-state index in [4.69, 9.17) is 0 Å². The van der Waals surface area contributed by atoms with Gasteiger partial charge in [-0.2, -0.15) is 0 Å². The molecule has 0 amide bonds. The third-order valence-corrected chi connectivity index (χ3v) is 3.57. The second-order valence-electron chi connectivity index (χ2n) is 6.09. The van der Waals surface area contributed by atoms with Crippen molar-refractivity contribution in [3.63, 3.8) is 0 Å². The van der Waals surface area contributed by atoms with Crippen LogP contribution in [-0.2, 0) is 0 Å². The van der Waals surface area contributed by atoms with Gasteiger partial charge in [-0.15, -0.1) is 0 Å². The maximum Gasteiger partial charge on any atom is 0.178 e. The first-order valence-electron chi connectivity index (χ1n) is 7.32. The first-order valence-corrected chi connectivity index (χ1v) is 7.32. The van der Waals surface area contributed by atoms with E-state index in [2.05, 4.69) is 37.6 Å². The molecule has 0 spiro atoms. The molecule has 0 atom stereocenters. The fourth-order valence-electron chi connectivity index (χ4n) is 2.50. The summed E-state index contributed by atoms with van der Waals surface area (Å²) in [4.78, 5) is 18.0. The first kappa shape index (κ1) is 14.8. The molecular formula is C17H24N2O. The Morgan fingerprint density at radius 2 is 1.90 bits per heavy atom. The van der Waals surface area contributed by atoms with Gasteiger partial charge in [-0.3, -0.25) is 9.69 Å². The highest BCUT2D eigenvalue weighted by molar-refractivity contribution is 6.08. The van der Waals surface area contributed by atoms with Crippen molar-refractivity contribution < 1.29 is 4.79 Å². The minimum absolute atomic E-state index is 0.191. The molecule has 3 nitrogen and oxygen atoms in total. The van der Waals surface area contributed by atoms with Crippen LogP contribution < -0.4 is 0 Å². The molecule has 0 fully saturated rings. The molecule has 1 aromatic heterocycles. The minimum atomic E-state index is 0.191. The molecule has 20 heavy (non-hydrogen) atoms. The van der Waals surface area contributed by atoms with Crippen molar-refractivity contribution >= 4 is 16.7 Å². The lowest BCUT2D eigenvalue weighted by Crippen LogP contribution is -2.38. The summed E-state index contributed by atoms with van der Waals surface area (Å²) < 4.78 is 0. The highest BCUT2D eigenvalue weighted by Crippen LogP contribution is 2.19. The first-order chi connectivity index (χ1) is 9.49. The Morgan fingerprint density at radius 1 is 1.20 bits per heavy atom. The summed E-state index contributed by atoms with van der Waals surface area (Å²) >= 11 is 0. The lowest BCUT2D eigenvalue weighted by atomic mass is 10.1. The van der Waals surface area contributed by atoms with Crippen LogP contribution in [0.3, 0.4) is 0 Å². The lowest BCUT2D eigenvalue weighted by molar-refractivity contribution is 0.0894. The molecule has 2 rings (SSSR count). The quantitative estimate of drug-likeness (QED) is 0.814. The number of hydrogen-bond acceptors (Lipinski definition) is 2. The number of hydrogen-bond donors (Lipinski definition) is 1. The van der Waals surface area contributed by atoms with Crippen molar-refractivity contribution in [2.45, 2.75) is 33.7 Å². The topological polar surface area (TPSA) is 36.1 Å². The molecule has 0 unspecified atom stereocenters. The number of Topliss-reactive ketones (excluding diaryl/α,β-unsaturated/α-hetero) is 1. The Bertz CT molecular complexity index is 583. The molecule has 0 aliphatic carbocycles. The fourth-order valence-corrected chi connectivity index (χ4v) is 2.50. The van der Waals surface area contributed by atoms with Crippen LogP contribution in [0, 0.1) is 5.92 Å². The summed E-state index contributed by atoms with van der Waals surface area (Å²) in [5.74, 6) is 0.755. The smallest absolute Gasteiger partial charge is 0.178 e. The van der Waals surface area contributed by atoms with E-state index >= 15 is 0 Å². The fraction of sp³-hybridized carbons (Fsp3) is 0.471. The highest BCUT2D eigenvalue weighted by atomic mass is 16.1. The van der Waals surface area contributed by atoms with E-state index in [1.54, 1.807) is 0 Å². The Hall–Kier alpha value is -1.61. The van der Waals surface area contributed by atoms with Gasteiger partial charge in [0.2, 0.25) is 0 Å². The van der Waals surface area contributed by atoms with Gasteiger partial charge in [-0.25, -0.2) is 0 Å². The van der Waals surface area contributed by atoms with E-state index in [1.165, 1.54) is 0 Å². The molecular weight excluding hydrogens is 248 g/mol. The van der Waals surface area contributed by atoms with Gasteiger partial charge in [0.1, 0.15) is 0 Å². The zero-order valence-electron chi connectivity index (χ0n) is 12.8. The van der Waals surface area contributed by atoms with Crippen molar-refractivity contribution in [3.05, 3.63) is 36.0 Å². The minimum Gasteiger partial charge on any atom is -0.360 e. The summed E-state index contributed by atoms with van der Waals surface area (Å²) in [6.45, 7) is 10.1. The highest BCUT2D eigenvalue weighted by Gasteiger charge is 2.18. The van der Waals surface area contributed by atoms with Gasteiger partial charge in [-0.1, -0.05) is 32.0 Å². The van der Waals surface area contributed by atoms with Crippen LogP contribution in [0.5, 0.6) is 0 Å². The molecule has 0 aliphatic rings. The molecule has 0 bridgehead atoms. The zero-order chi connectivity index (χ0) is 14.7. The number of carbonyl (C=O) groups is 1. The number of aromatic nitrogens is 1. The molecule has 0 aliphatic heterocycles. The summed E-state index contributed by atoms with van der Waals surface area (Å²) in [5, 5.41) is 1.02. The molecule has 1 aromatic carbocycles. The van der Waals surface area contributed by atoms with Crippen LogP contribution in [0.15, 0.2) is 30.5 Å². The number of fused-ring (bicyclic) bond motifs is 1. The van der Waals surface area contributed by atoms with Gasteiger partial charge in [0, 0.05) is 35.2 Å². The van der Waals surface area contributed by atoms with E-state index in [0.29, 0.717) is 18.5 Å². The molecule has 0 saturated heterocycles. The van der Waals surface area contributed by atoms with Gasteiger partial charge in [0.25, 0.3) is 0 Å². The van der Waals surface area contributed by atoms with Gasteiger partial charge >= 0.3 is 0 Å². The molecule has 0 radical (unpaired) electrons. The van der Waals surface area contributed by atoms with Crippen LogP contribution in [-0.4, -0.2) is 34.8 Å². The number of rotatable bonds is 6. The van der Waals surface area contributed by atoms with E-state index in [9.17, 15) is 4.79 Å². The van der Waals surface area contributed by atoms with Crippen LogP contribution in [0.25, 0.3) is 10.9 Å².